The van der Waals surface area contributed by atoms with Gasteiger partial charge in [0.15, 0.2) is 0 Å². The second-order valence-electron chi connectivity index (χ2n) is 3.64. The van der Waals surface area contributed by atoms with Gasteiger partial charge in [0.2, 0.25) is 0 Å². The average Bonchev–Trinajstić information content (AvgIpc) is 2.38. The predicted octanol–water partition coefficient (Wildman–Crippen LogP) is 1.42. The lowest BCUT2D eigenvalue weighted by molar-refractivity contribution is -0.142. The van der Waals surface area contributed by atoms with E-state index in [9.17, 15) is 4.79 Å². The van der Waals surface area contributed by atoms with E-state index < -0.39 is 0 Å². The summed E-state index contributed by atoms with van der Waals surface area (Å²) in [6.45, 7) is 3.12. The summed E-state index contributed by atoms with van der Waals surface area (Å²) in [5.74, 6) is 0.218. The number of carbonyl (C=O) groups is 1. The fraction of sp³-hybridized carbons (Fsp3) is 0.500. The van der Waals surface area contributed by atoms with Crippen LogP contribution in [-0.4, -0.2) is 38.3 Å². The summed E-state index contributed by atoms with van der Waals surface area (Å²) in [6, 6.07) is 3.70. The van der Waals surface area contributed by atoms with E-state index in [0.717, 1.165) is 11.4 Å². The minimum Gasteiger partial charge on any atom is -0.469 e. The maximum atomic E-state index is 11.3. The molecule has 0 aliphatic carbocycles. The molecule has 1 aromatic rings. The molecule has 0 aromatic carbocycles. The molecule has 0 bridgehead atoms. The van der Waals surface area contributed by atoms with Crippen LogP contribution in [0.4, 0.5) is 5.82 Å². The topological polar surface area (TPSA) is 60.5 Å². The van der Waals surface area contributed by atoms with E-state index in [1.165, 1.54) is 7.11 Å². The summed E-state index contributed by atoms with van der Waals surface area (Å²) in [4.78, 5) is 15.5. The minimum absolute atomic E-state index is 0.258. The second kappa shape index (κ2) is 6.85. The quantitative estimate of drug-likeness (QED) is 0.600. The van der Waals surface area contributed by atoms with Crippen molar-refractivity contribution in [2.45, 2.75) is 12.8 Å². The molecule has 0 radical (unpaired) electrons. The maximum absolute atomic E-state index is 11.3. The highest BCUT2D eigenvalue weighted by Crippen LogP contribution is 2.16. The second-order valence-corrected chi connectivity index (χ2v) is 3.64. The van der Waals surface area contributed by atoms with Gasteiger partial charge >= 0.3 is 5.97 Å². The van der Waals surface area contributed by atoms with Crippen LogP contribution in [0.15, 0.2) is 18.3 Å². The summed E-state index contributed by atoms with van der Waals surface area (Å²) in [5, 5.41) is 3.10. The summed E-state index contributed by atoms with van der Waals surface area (Å²) in [6.07, 6.45) is 1.68. The first-order valence-corrected chi connectivity index (χ1v) is 5.45. The van der Waals surface area contributed by atoms with Gasteiger partial charge in [0.25, 0.3) is 0 Å². The van der Waals surface area contributed by atoms with E-state index in [1.807, 2.05) is 12.1 Å². The van der Waals surface area contributed by atoms with Gasteiger partial charge in [0, 0.05) is 19.9 Å². The number of anilines is 1. The van der Waals surface area contributed by atoms with E-state index in [-0.39, 0.29) is 11.9 Å². The van der Waals surface area contributed by atoms with E-state index in [1.54, 1.807) is 20.2 Å². The maximum Gasteiger partial charge on any atom is 0.312 e. The molecule has 1 heterocycles. The molecule has 0 spiro atoms. The summed E-state index contributed by atoms with van der Waals surface area (Å²) >= 11 is 0. The summed E-state index contributed by atoms with van der Waals surface area (Å²) in [5.41, 5.74) is 0.842. The summed E-state index contributed by atoms with van der Waals surface area (Å²) in [7, 11) is 3.03. The van der Waals surface area contributed by atoms with Crippen LogP contribution >= 0.6 is 0 Å². The van der Waals surface area contributed by atoms with Gasteiger partial charge in [-0.15, -0.1) is 0 Å². The van der Waals surface area contributed by atoms with Crippen LogP contribution in [0.5, 0.6) is 0 Å². The van der Waals surface area contributed by atoms with Gasteiger partial charge in [-0.1, -0.05) is 6.07 Å². The third-order valence-electron chi connectivity index (χ3n) is 2.45. The lowest BCUT2D eigenvalue weighted by Crippen LogP contribution is -2.12. The van der Waals surface area contributed by atoms with E-state index in [4.69, 9.17) is 4.74 Å². The van der Waals surface area contributed by atoms with Gasteiger partial charge < -0.3 is 14.8 Å². The number of pyridine rings is 1. The number of esters is 1. The first-order valence-electron chi connectivity index (χ1n) is 5.45. The molecule has 94 valence electrons. The smallest absolute Gasteiger partial charge is 0.312 e. The molecule has 0 fully saturated rings. The number of aromatic nitrogens is 1. The Labute approximate surface area is 101 Å². The SMILES string of the molecule is COCCNc1ccc([C@H](C)C(=O)OC)cn1. The Morgan fingerprint density at radius 3 is 2.76 bits per heavy atom. The molecule has 0 saturated carbocycles. The van der Waals surface area contributed by atoms with Crippen LogP contribution in [0, 0.1) is 0 Å². The third kappa shape index (κ3) is 4.03. The molecule has 0 aliphatic heterocycles. The van der Waals surface area contributed by atoms with Gasteiger partial charge in [0.1, 0.15) is 5.82 Å². The highest BCUT2D eigenvalue weighted by Gasteiger charge is 2.15. The predicted molar refractivity (Wildman–Crippen MR) is 65.0 cm³/mol. The van der Waals surface area contributed by atoms with Crippen molar-refractivity contribution >= 4 is 11.8 Å². The number of nitrogens with one attached hydrogen (secondary N) is 1. The van der Waals surface area contributed by atoms with Gasteiger partial charge in [0.05, 0.1) is 19.6 Å². The van der Waals surface area contributed by atoms with Crippen LogP contribution < -0.4 is 5.32 Å². The zero-order chi connectivity index (χ0) is 12.7. The number of carbonyl (C=O) groups excluding carboxylic acids is 1. The van der Waals surface area contributed by atoms with Crippen LogP contribution in [0.2, 0.25) is 0 Å². The monoisotopic (exact) mass is 238 g/mol. The van der Waals surface area contributed by atoms with Crippen molar-refractivity contribution in [1.82, 2.24) is 4.98 Å². The molecule has 5 nitrogen and oxygen atoms in total. The molecule has 1 aromatic heterocycles. The molecule has 1 rings (SSSR count). The first kappa shape index (κ1) is 13.4. The lowest BCUT2D eigenvalue weighted by Gasteiger charge is -2.10. The molecular weight excluding hydrogens is 220 g/mol. The number of nitrogens with zero attached hydrogens (tertiary/aromatic N) is 1. The van der Waals surface area contributed by atoms with Crippen LogP contribution in [0.3, 0.4) is 0 Å². The van der Waals surface area contributed by atoms with Crippen molar-refractivity contribution in [1.29, 1.82) is 0 Å². The number of hydrogen-bond donors (Lipinski definition) is 1. The van der Waals surface area contributed by atoms with Crippen molar-refractivity contribution in [2.24, 2.45) is 0 Å². The molecule has 0 unspecified atom stereocenters. The molecule has 1 N–H and O–H groups in total. The van der Waals surface area contributed by atoms with Crippen molar-refractivity contribution in [3.63, 3.8) is 0 Å². The fourth-order valence-corrected chi connectivity index (χ4v) is 1.36. The number of methoxy groups -OCH3 is 2. The zero-order valence-electron chi connectivity index (χ0n) is 10.4. The number of rotatable bonds is 6. The fourth-order valence-electron chi connectivity index (χ4n) is 1.36. The average molecular weight is 238 g/mol. The molecule has 0 saturated heterocycles. The Balaban J connectivity index is 2.58. The molecule has 5 heteroatoms. The van der Waals surface area contributed by atoms with Crippen molar-refractivity contribution < 1.29 is 14.3 Å². The highest BCUT2D eigenvalue weighted by atomic mass is 16.5. The zero-order valence-corrected chi connectivity index (χ0v) is 10.4. The lowest BCUT2D eigenvalue weighted by atomic mass is 10.0. The van der Waals surface area contributed by atoms with Gasteiger partial charge in [-0.2, -0.15) is 0 Å². The van der Waals surface area contributed by atoms with E-state index in [0.29, 0.717) is 13.2 Å². The Morgan fingerprint density at radius 2 is 2.24 bits per heavy atom. The number of hydrogen-bond acceptors (Lipinski definition) is 5. The largest absolute Gasteiger partial charge is 0.469 e. The minimum atomic E-state index is -0.291. The Morgan fingerprint density at radius 1 is 1.47 bits per heavy atom. The van der Waals surface area contributed by atoms with Crippen molar-refractivity contribution in [3.05, 3.63) is 23.9 Å². The molecule has 1 atom stereocenters. The number of ether oxygens (including phenoxy) is 2. The normalized spacial score (nSPS) is 11.9. The van der Waals surface area contributed by atoms with Gasteiger partial charge in [-0.3, -0.25) is 4.79 Å². The Hall–Kier alpha value is -1.62. The molecular formula is C12H18N2O3. The Bertz CT molecular complexity index is 351. The Kier molecular flexibility index (Phi) is 5.42. The van der Waals surface area contributed by atoms with E-state index >= 15 is 0 Å². The van der Waals surface area contributed by atoms with Crippen LogP contribution in [0.25, 0.3) is 0 Å². The van der Waals surface area contributed by atoms with Gasteiger partial charge in [-0.25, -0.2) is 4.98 Å². The van der Waals surface area contributed by atoms with E-state index in [2.05, 4.69) is 15.0 Å². The molecule has 0 aliphatic rings. The van der Waals surface area contributed by atoms with Crippen LogP contribution in [0.1, 0.15) is 18.4 Å². The van der Waals surface area contributed by atoms with Crippen LogP contribution in [-0.2, 0) is 14.3 Å². The highest BCUT2D eigenvalue weighted by molar-refractivity contribution is 5.77. The molecule has 17 heavy (non-hydrogen) atoms. The summed E-state index contributed by atoms with van der Waals surface area (Å²) < 4.78 is 9.60. The van der Waals surface area contributed by atoms with Crippen molar-refractivity contribution in [3.8, 4) is 0 Å². The molecule has 0 amide bonds. The standard InChI is InChI=1S/C12H18N2O3/c1-9(12(15)17-3)10-4-5-11(14-8-10)13-6-7-16-2/h4-5,8-9H,6-7H2,1-3H3,(H,13,14)/t9-/m0/s1. The first-order chi connectivity index (χ1) is 8.19. The van der Waals surface area contributed by atoms with Crippen molar-refractivity contribution in [2.75, 3.05) is 32.7 Å². The third-order valence-corrected chi connectivity index (χ3v) is 2.45. The van der Waals surface area contributed by atoms with Gasteiger partial charge in [-0.05, 0) is 18.6 Å².